The van der Waals surface area contributed by atoms with Gasteiger partial charge in [-0.1, -0.05) is 5.70 Å². The van der Waals surface area contributed by atoms with E-state index in [1.165, 1.54) is 0 Å². The Hall–Kier alpha value is -0.513. The summed E-state index contributed by atoms with van der Waals surface area (Å²) < 4.78 is 35.6. The topological polar surface area (TPSA) is 0 Å². The molecule has 1 unspecified atom stereocenters. The highest BCUT2D eigenvalue weighted by atomic mass is 28.3. The summed E-state index contributed by atoms with van der Waals surface area (Å²) in [5.74, 6) is -1.04. The summed E-state index contributed by atoms with van der Waals surface area (Å²) in [7, 11) is -3.04. The molecule has 0 aliphatic carbocycles. The van der Waals surface area contributed by atoms with Crippen LogP contribution < -0.4 is 0 Å². The molecule has 8 heavy (non-hydrogen) atoms. The second-order valence-electron chi connectivity index (χ2n) is 1.46. The SMILES string of the molecule is FC1=C(F)[SiH](F)C=C1. The number of hydrogen-bond acceptors (Lipinski definition) is 0. The summed E-state index contributed by atoms with van der Waals surface area (Å²) in [6.07, 6.45) is 0.840. The smallest absolute Gasteiger partial charge is 0.304 e. The summed E-state index contributed by atoms with van der Waals surface area (Å²) in [5.41, 5.74) is -0.213. The number of hydrogen-bond donors (Lipinski definition) is 0. The van der Waals surface area contributed by atoms with Crippen LogP contribution in [0.15, 0.2) is 23.1 Å². The Balaban J connectivity index is 2.85. The maximum absolute atomic E-state index is 11.9. The van der Waals surface area contributed by atoms with Crippen molar-refractivity contribution in [2.75, 3.05) is 0 Å². The van der Waals surface area contributed by atoms with Gasteiger partial charge in [0.05, 0.1) is 0 Å². The van der Waals surface area contributed by atoms with Crippen molar-refractivity contribution >= 4 is 9.13 Å². The van der Waals surface area contributed by atoms with Crippen LogP contribution in [-0.4, -0.2) is 9.13 Å². The molecule has 1 heterocycles. The molecule has 0 saturated carbocycles. The average Bonchev–Trinajstić information content (AvgIpc) is 1.98. The van der Waals surface area contributed by atoms with Crippen LogP contribution in [0.25, 0.3) is 0 Å². The van der Waals surface area contributed by atoms with E-state index in [1.54, 1.807) is 0 Å². The first-order valence-corrected chi connectivity index (χ1v) is 3.77. The Labute approximate surface area is 46.1 Å². The minimum absolute atomic E-state index is 0.840. The summed E-state index contributed by atoms with van der Waals surface area (Å²) in [6, 6.07) is 0. The zero-order chi connectivity index (χ0) is 6.15. The van der Waals surface area contributed by atoms with E-state index >= 15 is 0 Å². The van der Waals surface area contributed by atoms with Gasteiger partial charge in [-0.3, -0.25) is 0 Å². The molecule has 0 spiro atoms. The quantitative estimate of drug-likeness (QED) is 0.349. The zero-order valence-electron chi connectivity index (χ0n) is 3.87. The van der Waals surface area contributed by atoms with E-state index in [4.69, 9.17) is 0 Å². The number of allylic oxidation sites excluding steroid dienone is 2. The molecular formula is C4H3F3Si. The fraction of sp³-hybridized carbons (Fsp3) is 0. The van der Waals surface area contributed by atoms with Crippen LogP contribution in [0, 0.1) is 0 Å². The third-order valence-corrected chi connectivity index (χ3v) is 2.17. The maximum atomic E-state index is 11.9. The molecule has 0 aromatic carbocycles. The summed E-state index contributed by atoms with van der Waals surface area (Å²) in [6.45, 7) is 0. The normalized spacial score (nSPS) is 27.6. The van der Waals surface area contributed by atoms with Gasteiger partial charge < -0.3 is 4.11 Å². The van der Waals surface area contributed by atoms with Gasteiger partial charge in [0.15, 0.2) is 11.3 Å². The molecule has 0 nitrogen and oxygen atoms in total. The van der Waals surface area contributed by atoms with Gasteiger partial charge in [0.2, 0.25) is 0 Å². The molecule has 0 aromatic rings. The van der Waals surface area contributed by atoms with Gasteiger partial charge in [-0.15, -0.1) is 0 Å². The second-order valence-corrected chi connectivity index (χ2v) is 3.15. The van der Waals surface area contributed by atoms with E-state index < -0.39 is 20.4 Å². The molecule has 1 rings (SSSR count). The van der Waals surface area contributed by atoms with Crippen LogP contribution in [0.4, 0.5) is 12.9 Å². The van der Waals surface area contributed by atoms with Gasteiger partial charge in [0.25, 0.3) is 0 Å². The van der Waals surface area contributed by atoms with Crippen molar-refractivity contribution in [2.45, 2.75) is 0 Å². The first-order valence-electron chi connectivity index (χ1n) is 2.09. The summed E-state index contributed by atoms with van der Waals surface area (Å²) >= 11 is 0. The van der Waals surface area contributed by atoms with Crippen LogP contribution >= 0.6 is 0 Å². The Morgan fingerprint density at radius 2 is 2.00 bits per heavy atom. The first-order chi connectivity index (χ1) is 3.72. The van der Waals surface area contributed by atoms with Crippen LogP contribution in [-0.2, 0) is 0 Å². The van der Waals surface area contributed by atoms with Gasteiger partial charge in [-0.05, 0) is 6.08 Å². The van der Waals surface area contributed by atoms with Gasteiger partial charge in [-0.25, -0.2) is 8.78 Å². The minimum Gasteiger partial charge on any atom is -0.304 e. The lowest BCUT2D eigenvalue weighted by Gasteiger charge is -1.85. The molecule has 0 saturated heterocycles. The predicted octanol–water partition coefficient (Wildman–Crippen LogP) is 1.48. The monoisotopic (exact) mass is 136 g/mol. The Morgan fingerprint density at radius 1 is 1.38 bits per heavy atom. The summed E-state index contributed by atoms with van der Waals surface area (Å²) in [5, 5.41) is 0. The molecular weight excluding hydrogens is 133 g/mol. The Kier molecular flexibility index (Phi) is 1.25. The molecule has 0 amide bonds. The van der Waals surface area contributed by atoms with E-state index in [-0.39, 0.29) is 0 Å². The minimum atomic E-state index is -3.04. The lowest BCUT2D eigenvalue weighted by molar-refractivity contribution is 0.582. The van der Waals surface area contributed by atoms with Crippen molar-refractivity contribution in [2.24, 2.45) is 0 Å². The van der Waals surface area contributed by atoms with E-state index in [0.717, 1.165) is 11.8 Å². The van der Waals surface area contributed by atoms with Crippen LogP contribution in [0.3, 0.4) is 0 Å². The molecule has 0 aromatic heterocycles. The average molecular weight is 136 g/mol. The largest absolute Gasteiger partial charge is 0.320 e. The Morgan fingerprint density at radius 3 is 2.12 bits per heavy atom. The standard InChI is InChI=1S/C4H3F3Si/c5-3-1-2-8(7)4(3)6/h1-2,8H. The van der Waals surface area contributed by atoms with Gasteiger partial charge >= 0.3 is 9.13 Å². The highest BCUT2D eigenvalue weighted by Gasteiger charge is 2.22. The zero-order valence-corrected chi connectivity index (χ0v) is 5.02. The molecule has 1 aliphatic heterocycles. The number of halogens is 3. The predicted molar refractivity (Wildman–Crippen MR) is 26.6 cm³/mol. The third kappa shape index (κ3) is 0.708. The first kappa shape index (κ1) is 5.62. The molecule has 44 valence electrons. The number of rotatable bonds is 0. The molecule has 0 radical (unpaired) electrons. The van der Waals surface area contributed by atoms with E-state index in [0.29, 0.717) is 0 Å². The van der Waals surface area contributed by atoms with Gasteiger partial charge in [0, 0.05) is 0 Å². The van der Waals surface area contributed by atoms with Crippen molar-refractivity contribution < 1.29 is 12.9 Å². The molecule has 1 atom stereocenters. The van der Waals surface area contributed by atoms with Gasteiger partial charge in [-0.2, -0.15) is 0 Å². The van der Waals surface area contributed by atoms with E-state index in [9.17, 15) is 12.9 Å². The fourth-order valence-electron chi connectivity index (χ4n) is 0.465. The van der Waals surface area contributed by atoms with Crippen molar-refractivity contribution in [1.29, 1.82) is 0 Å². The van der Waals surface area contributed by atoms with Gasteiger partial charge in [0.1, 0.15) is 0 Å². The molecule has 0 N–H and O–H groups in total. The van der Waals surface area contributed by atoms with Crippen LogP contribution in [0.5, 0.6) is 0 Å². The maximum Gasteiger partial charge on any atom is 0.320 e. The van der Waals surface area contributed by atoms with Crippen molar-refractivity contribution in [1.82, 2.24) is 0 Å². The van der Waals surface area contributed by atoms with Crippen molar-refractivity contribution in [3.63, 3.8) is 0 Å². The van der Waals surface area contributed by atoms with Crippen molar-refractivity contribution in [3.8, 4) is 0 Å². The molecule has 0 fully saturated rings. The fourth-order valence-corrected chi connectivity index (χ4v) is 1.33. The van der Waals surface area contributed by atoms with Crippen LogP contribution in [0.1, 0.15) is 0 Å². The highest BCUT2D eigenvalue weighted by Crippen LogP contribution is 2.20. The van der Waals surface area contributed by atoms with Crippen LogP contribution in [0.2, 0.25) is 0 Å². The summed E-state index contributed by atoms with van der Waals surface area (Å²) in [4.78, 5) is 0. The lowest BCUT2D eigenvalue weighted by atomic mass is 10.6. The Bertz CT molecular complexity index is 161. The lowest BCUT2D eigenvalue weighted by Crippen LogP contribution is -1.97. The molecule has 0 bridgehead atoms. The van der Waals surface area contributed by atoms with Crippen molar-refractivity contribution in [3.05, 3.63) is 23.1 Å². The second kappa shape index (κ2) is 1.78. The molecule has 4 heteroatoms. The third-order valence-electron chi connectivity index (χ3n) is 0.882. The van der Waals surface area contributed by atoms with E-state index in [2.05, 4.69) is 0 Å². The highest BCUT2D eigenvalue weighted by molar-refractivity contribution is 6.65. The molecule has 1 aliphatic rings. The van der Waals surface area contributed by atoms with E-state index in [1.807, 2.05) is 0 Å².